The predicted octanol–water partition coefficient (Wildman–Crippen LogP) is 2.51. The summed E-state index contributed by atoms with van der Waals surface area (Å²) >= 11 is 3.25. The molecule has 7 nitrogen and oxygen atoms in total. The van der Waals surface area contributed by atoms with Crippen molar-refractivity contribution in [3.8, 4) is 0 Å². The molecule has 0 saturated carbocycles. The second-order valence-electron chi connectivity index (χ2n) is 6.43. The molecular formula is C19H22BrN3O4S. The van der Waals surface area contributed by atoms with E-state index in [1.165, 1.54) is 12.1 Å². The van der Waals surface area contributed by atoms with Crippen LogP contribution in [-0.2, 0) is 19.6 Å². The zero-order valence-electron chi connectivity index (χ0n) is 15.5. The minimum Gasteiger partial charge on any atom is -0.346 e. The van der Waals surface area contributed by atoms with Gasteiger partial charge in [-0.05, 0) is 42.3 Å². The summed E-state index contributed by atoms with van der Waals surface area (Å²) in [4.78, 5) is 24.5. The molecule has 1 atom stereocenters. The number of hydrogen-bond acceptors (Lipinski definition) is 4. The number of amides is 2. The molecule has 0 aliphatic rings. The molecule has 0 aliphatic carbocycles. The first-order valence-electron chi connectivity index (χ1n) is 8.59. The van der Waals surface area contributed by atoms with Crippen molar-refractivity contribution in [3.05, 3.63) is 59.1 Å². The zero-order chi connectivity index (χ0) is 20.7. The van der Waals surface area contributed by atoms with Gasteiger partial charge in [0.05, 0.1) is 11.4 Å². The summed E-state index contributed by atoms with van der Waals surface area (Å²) in [5.41, 5.74) is 0.609. The lowest BCUT2D eigenvalue weighted by atomic mass is 10.1. The van der Waals surface area contributed by atoms with E-state index < -0.39 is 27.9 Å². The highest BCUT2D eigenvalue weighted by molar-refractivity contribution is 9.10. The van der Waals surface area contributed by atoms with Gasteiger partial charge < -0.3 is 10.6 Å². The molecule has 0 bridgehead atoms. The molecule has 2 aromatic carbocycles. The number of benzene rings is 2. The van der Waals surface area contributed by atoms with Crippen LogP contribution in [0.3, 0.4) is 0 Å². The fourth-order valence-electron chi connectivity index (χ4n) is 2.35. The van der Waals surface area contributed by atoms with E-state index in [4.69, 9.17) is 0 Å². The van der Waals surface area contributed by atoms with Crippen LogP contribution in [0.1, 0.15) is 13.8 Å². The second-order valence-corrected chi connectivity index (χ2v) is 9.06. The predicted molar refractivity (Wildman–Crippen MR) is 111 cm³/mol. The molecule has 9 heteroatoms. The Labute approximate surface area is 173 Å². The zero-order valence-corrected chi connectivity index (χ0v) is 17.9. The number of nitrogens with one attached hydrogen (secondary N) is 3. The van der Waals surface area contributed by atoms with Crippen molar-refractivity contribution in [1.29, 1.82) is 0 Å². The first kappa shape index (κ1) is 22.1. The van der Waals surface area contributed by atoms with E-state index in [9.17, 15) is 18.0 Å². The monoisotopic (exact) mass is 467 g/mol. The van der Waals surface area contributed by atoms with Crippen LogP contribution in [0.15, 0.2) is 64.0 Å². The number of anilines is 1. The van der Waals surface area contributed by atoms with Gasteiger partial charge in [-0.3, -0.25) is 9.59 Å². The van der Waals surface area contributed by atoms with Crippen molar-refractivity contribution in [1.82, 2.24) is 10.0 Å². The molecule has 3 N–H and O–H groups in total. The van der Waals surface area contributed by atoms with Crippen LogP contribution in [0, 0.1) is 5.92 Å². The standard InChI is InChI=1S/C19H22BrN3O4S/c1-13(2)18(23-28(26,27)16-10-8-14(20)9-11-16)19(25)21-12-17(24)22-15-6-4-3-5-7-15/h3-11,13,18,23H,12H2,1-2H3,(H,21,25)(H,22,24)/t18-/m0/s1. The number of sulfonamides is 1. The average molecular weight is 468 g/mol. The smallest absolute Gasteiger partial charge is 0.243 e. The Balaban J connectivity index is 1.99. The van der Waals surface area contributed by atoms with Gasteiger partial charge in [-0.15, -0.1) is 0 Å². The van der Waals surface area contributed by atoms with E-state index in [1.54, 1.807) is 50.2 Å². The highest BCUT2D eigenvalue weighted by Crippen LogP contribution is 2.16. The van der Waals surface area contributed by atoms with Gasteiger partial charge in [-0.2, -0.15) is 4.72 Å². The van der Waals surface area contributed by atoms with Crippen LogP contribution < -0.4 is 15.4 Å². The third kappa shape index (κ3) is 6.43. The molecule has 0 unspecified atom stereocenters. The minimum atomic E-state index is -3.89. The summed E-state index contributed by atoms with van der Waals surface area (Å²) < 4.78 is 28.3. The third-order valence-electron chi connectivity index (χ3n) is 3.84. The maximum Gasteiger partial charge on any atom is 0.243 e. The lowest BCUT2D eigenvalue weighted by Crippen LogP contribution is -2.50. The Morgan fingerprint density at radius 1 is 1.00 bits per heavy atom. The fourth-order valence-corrected chi connectivity index (χ4v) is 3.95. The molecule has 0 saturated heterocycles. The lowest BCUT2D eigenvalue weighted by Gasteiger charge is -2.21. The van der Waals surface area contributed by atoms with Crippen molar-refractivity contribution in [2.24, 2.45) is 5.92 Å². The molecule has 0 spiro atoms. The molecule has 2 rings (SSSR count). The normalized spacial score (nSPS) is 12.4. The van der Waals surface area contributed by atoms with Crippen LogP contribution in [0.5, 0.6) is 0 Å². The number of carbonyl (C=O) groups excluding carboxylic acids is 2. The molecule has 0 heterocycles. The van der Waals surface area contributed by atoms with Crippen LogP contribution >= 0.6 is 15.9 Å². The van der Waals surface area contributed by atoms with Crippen molar-refractivity contribution in [3.63, 3.8) is 0 Å². The Morgan fingerprint density at radius 2 is 1.61 bits per heavy atom. The van der Waals surface area contributed by atoms with Crippen molar-refractivity contribution in [2.45, 2.75) is 24.8 Å². The van der Waals surface area contributed by atoms with E-state index >= 15 is 0 Å². The summed E-state index contributed by atoms with van der Waals surface area (Å²) in [6, 6.07) is 13.9. The molecule has 0 aliphatic heterocycles. The van der Waals surface area contributed by atoms with E-state index in [-0.39, 0.29) is 17.4 Å². The minimum absolute atomic E-state index is 0.0518. The Morgan fingerprint density at radius 3 is 2.18 bits per heavy atom. The maximum atomic E-state index is 12.6. The van der Waals surface area contributed by atoms with Gasteiger partial charge in [0.15, 0.2) is 0 Å². The number of carbonyl (C=O) groups is 2. The number of rotatable bonds is 8. The Hall–Kier alpha value is -2.23. The number of hydrogen-bond donors (Lipinski definition) is 3. The van der Waals surface area contributed by atoms with Crippen LogP contribution in [-0.4, -0.2) is 32.8 Å². The van der Waals surface area contributed by atoms with Gasteiger partial charge in [0.1, 0.15) is 6.04 Å². The molecule has 0 fully saturated rings. The third-order valence-corrected chi connectivity index (χ3v) is 5.82. The average Bonchev–Trinajstić information content (AvgIpc) is 2.65. The van der Waals surface area contributed by atoms with Gasteiger partial charge >= 0.3 is 0 Å². The Kier molecular flexibility index (Phi) is 7.73. The molecule has 0 radical (unpaired) electrons. The van der Waals surface area contributed by atoms with Crippen molar-refractivity contribution >= 4 is 43.5 Å². The molecular weight excluding hydrogens is 446 g/mol. The maximum absolute atomic E-state index is 12.6. The van der Waals surface area contributed by atoms with E-state index in [1.807, 2.05) is 6.07 Å². The topological polar surface area (TPSA) is 104 Å². The van der Waals surface area contributed by atoms with Gasteiger partial charge in [0.25, 0.3) is 0 Å². The number of para-hydroxylation sites is 1. The van der Waals surface area contributed by atoms with Gasteiger partial charge in [0.2, 0.25) is 21.8 Å². The van der Waals surface area contributed by atoms with Gasteiger partial charge in [0, 0.05) is 10.2 Å². The van der Waals surface area contributed by atoms with Crippen LogP contribution in [0.25, 0.3) is 0 Å². The van der Waals surface area contributed by atoms with Crippen molar-refractivity contribution in [2.75, 3.05) is 11.9 Å². The van der Waals surface area contributed by atoms with Gasteiger partial charge in [-0.1, -0.05) is 48.0 Å². The molecule has 28 heavy (non-hydrogen) atoms. The first-order chi connectivity index (χ1) is 13.2. The largest absolute Gasteiger partial charge is 0.346 e. The fraction of sp³-hybridized carbons (Fsp3) is 0.263. The van der Waals surface area contributed by atoms with E-state index in [2.05, 4.69) is 31.3 Å². The van der Waals surface area contributed by atoms with E-state index in [0.29, 0.717) is 5.69 Å². The highest BCUT2D eigenvalue weighted by Gasteiger charge is 2.28. The second kappa shape index (κ2) is 9.81. The SMILES string of the molecule is CC(C)[C@H](NS(=O)(=O)c1ccc(Br)cc1)C(=O)NCC(=O)Nc1ccccc1. The van der Waals surface area contributed by atoms with Crippen molar-refractivity contribution < 1.29 is 18.0 Å². The summed E-state index contributed by atoms with van der Waals surface area (Å²) in [6.07, 6.45) is 0. The van der Waals surface area contributed by atoms with E-state index in [0.717, 1.165) is 4.47 Å². The first-order valence-corrected chi connectivity index (χ1v) is 10.9. The molecule has 0 aromatic heterocycles. The molecule has 2 amide bonds. The van der Waals surface area contributed by atoms with Gasteiger partial charge in [-0.25, -0.2) is 8.42 Å². The quantitative estimate of drug-likeness (QED) is 0.554. The lowest BCUT2D eigenvalue weighted by molar-refractivity contribution is -0.126. The number of halogens is 1. The highest BCUT2D eigenvalue weighted by atomic mass is 79.9. The summed E-state index contributed by atoms with van der Waals surface area (Å²) in [7, 11) is -3.89. The summed E-state index contributed by atoms with van der Waals surface area (Å²) in [6.45, 7) is 3.17. The Bertz CT molecular complexity index is 916. The summed E-state index contributed by atoms with van der Waals surface area (Å²) in [5.74, 6) is -1.29. The molecule has 2 aromatic rings. The van der Waals surface area contributed by atoms with Crippen LogP contribution in [0.2, 0.25) is 0 Å². The molecule has 150 valence electrons. The van der Waals surface area contributed by atoms with Crippen LogP contribution in [0.4, 0.5) is 5.69 Å². The summed E-state index contributed by atoms with van der Waals surface area (Å²) in [5, 5.41) is 5.13.